The van der Waals surface area contributed by atoms with Crippen LogP contribution < -0.4 is 5.32 Å². The summed E-state index contributed by atoms with van der Waals surface area (Å²) in [5, 5.41) is 3.37. The number of benzene rings is 1. The Bertz CT molecular complexity index is 817. The maximum atomic E-state index is 13.0. The molecule has 0 aliphatic rings. The van der Waals surface area contributed by atoms with E-state index in [9.17, 15) is 9.18 Å². The number of nitrogens with zero attached hydrogens (tertiary/aromatic N) is 2. The molecule has 4 nitrogen and oxygen atoms in total. The van der Waals surface area contributed by atoms with Gasteiger partial charge in [0.15, 0.2) is 0 Å². The summed E-state index contributed by atoms with van der Waals surface area (Å²) in [7, 11) is 1.61. The van der Waals surface area contributed by atoms with Gasteiger partial charge >= 0.3 is 0 Å². The standard InChI is InChI=1S/C15H12FN3OS2/c1-17-13(20)7-21-15-14-11(18-8-19-15)6-12(22-14)9-2-4-10(16)5-3-9/h2-6,8H,7H2,1H3,(H,17,20). The van der Waals surface area contributed by atoms with Crippen LogP contribution in [0.1, 0.15) is 0 Å². The fraction of sp³-hybridized carbons (Fsp3) is 0.133. The van der Waals surface area contributed by atoms with Crippen molar-refractivity contribution in [2.45, 2.75) is 5.03 Å². The first kappa shape index (κ1) is 14.9. The quantitative estimate of drug-likeness (QED) is 0.588. The first-order chi connectivity index (χ1) is 10.7. The number of amides is 1. The van der Waals surface area contributed by atoms with Crippen molar-refractivity contribution in [3.63, 3.8) is 0 Å². The normalized spacial score (nSPS) is 10.8. The maximum absolute atomic E-state index is 13.0. The zero-order valence-corrected chi connectivity index (χ0v) is 13.3. The summed E-state index contributed by atoms with van der Waals surface area (Å²) in [5.74, 6) is 0.00500. The van der Waals surface area contributed by atoms with Gasteiger partial charge in [-0.2, -0.15) is 0 Å². The van der Waals surface area contributed by atoms with Gasteiger partial charge in [0.05, 0.1) is 16.0 Å². The number of halogens is 1. The monoisotopic (exact) mass is 333 g/mol. The van der Waals surface area contributed by atoms with E-state index in [4.69, 9.17) is 0 Å². The van der Waals surface area contributed by atoms with E-state index in [0.29, 0.717) is 5.75 Å². The first-order valence-electron chi connectivity index (χ1n) is 6.51. The molecule has 1 amide bonds. The lowest BCUT2D eigenvalue weighted by molar-refractivity contribution is -0.118. The summed E-state index contributed by atoms with van der Waals surface area (Å²) in [6, 6.07) is 8.31. The molecule has 0 fully saturated rings. The Morgan fingerprint density at radius 2 is 2.09 bits per heavy atom. The highest BCUT2D eigenvalue weighted by atomic mass is 32.2. The Labute approximate surface area is 134 Å². The van der Waals surface area contributed by atoms with Gasteiger partial charge in [-0.15, -0.1) is 11.3 Å². The lowest BCUT2D eigenvalue weighted by Gasteiger charge is -2.00. The average molecular weight is 333 g/mol. The molecule has 0 aliphatic carbocycles. The van der Waals surface area contributed by atoms with Crippen molar-refractivity contribution in [2.75, 3.05) is 12.8 Å². The van der Waals surface area contributed by atoms with Crippen molar-refractivity contribution in [2.24, 2.45) is 0 Å². The molecule has 1 aromatic carbocycles. The molecule has 3 aromatic rings. The highest BCUT2D eigenvalue weighted by Gasteiger charge is 2.12. The second-order valence-corrected chi connectivity index (χ2v) is 6.49. The van der Waals surface area contributed by atoms with Crippen molar-refractivity contribution in [1.29, 1.82) is 0 Å². The largest absolute Gasteiger partial charge is 0.358 e. The van der Waals surface area contributed by atoms with Gasteiger partial charge in [0.2, 0.25) is 5.91 Å². The molecular weight excluding hydrogens is 321 g/mol. The van der Waals surface area contributed by atoms with E-state index in [2.05, 4.69) is 15.3 Å². The Hall–Kier alpha value is -1.99. The highest BCUT2D eigenvalue weighted by Crippen LogP contribution is 2.36. The number of thioether (sulfide) groups is 1. The number of carbonyl (C=O) groups excluding carboxylic acids is 1. The van der Waals surface area contributed by atoms with Crippen molar-refractivity contribution in [3.8, 4) is 10.4 Å². The molecule has 7 heteroatoms. The minimum atomic E-state index is -0.258. The number of thiophene rings is 1. The Morgan fingerprint density at radius 1 is 1.32 bits per heavy atom. The van der Waals surface area contributed by atoms with E-state index in [1.807, 2.05) is 6.07 Å². The molecule has 0 atom stereocenters. The van der Waals surface area contributed by atoms with Crippen LogP contribution in [0.15, 0.2) is 41.7 Å². The minimum Gasteiger partial charge on any atom is -0.358 e. The summed E-state index contributed by atoms with van der Waals surface area (Å²) in [4.78, 5) is 20.9. The molecule has 0 spiro atoms. The van der Waals surface area contributed by atoms with Crippen LogP contribution in [-0.2, 0) is 4.79 Å². The van der Waals surface area contributed by atoms with E-state index in [0.717, 1.165) is 25.7 Å². The third-order valence-electron chi connectivity index (χ3n) is 3.03. The van der Waals surface area contributed by atoms with Crippen LogP contribution in [0, 0.1) is 5.82 Å². The summed E-state index contributed by atoms with van der Waals surface area (Å²) >= 11 is 2.92. The van der Waals surface area contributed by atoms with Crippen molar-refractivity contribution < 1.29 is 9.18 Å². The molecule has 0 unspecified atom stereocenters. The van der Waals surface area contributed by atoms with Gasteiger partial charge in [0, 0.05) is 11.9 Å². The average Bonchev–Trinajstić information content (AvgIpc) is 2.97. The van der Waals surface area contributed by atoms with E-state index in [-0.39, 0.29) is 11.7 Å². The molecule has 0 aliphatic heterocycles. The maximum Gasteiger partial charge on any atom is 0.230 e. The molecule has 2 heterocycles. The van der Waals surface area contributed by atoms with Crippen LogP contribution in [0.25, 0.3) is 20.7 Å². The predicted octanol–water partition coefficient (Wildman–Crippen LogP) is 3.34. The van der Waals surface area contributed by atoms with Gasteiger partial charge in [0.25, 0.3) is 0 Å². The second kappa shape index (κ2) is 6.41. The van der Waals surface area contributed by atoms with Gasteiger partial charge in [-0.3, -0.25) is 4.79 Å². The van der Waals surface area contributed by atoms with Crippen LogP contribution in [-0.4, -0.2) is 28.7 Å². The topological polar surface area (TPSA) is 54.9 Å². The molecule has 3 rings (SSSR count). The Kier molecular flexibility index (Phi) is 4.35. The zero-order chi connectivity index (χ0) is 15.5. The van der Waals surface area contributed by atoms with E-state index in [1.165, 1.54) is 30.2 Å². The number of nitrogens with one attached hydrogen (secondary N) is 1. The lowest BCUT2D eigenvalue weighted by atomic mass is 10.2. The Morgan fingerprint density at radius 3 is 2.82 bits per heavy atom. The summed E-state index contributed by atoms with van der Waals surface area (Å²) < 4.78 is 14.0. The molecule has 0 radical (unpaired) electrons. The zero-order valence-electron chi connectivity index (χ0n) is 11.7. The summed E-state index contributed by atoms with van der Waals surface area (Å²) in [5.41, 5.74) is 1.77. The van der Waals surface area contributed by atoms with E-state index in [1.54, 1.807) is 30.5 Å². The van der Waals surface area contributed by atoms with Gasteiger partial charge in [-0.05, 0) is 23.8 Å². The van der Waals surface area contributed by atoms with E-state index < -0.39 is 0 Å². The van der Waals surface area contributed by atoms with Crippen LogP contribution in [0.3, 0.4) is 0 Å². The fourth-order valence-corrected chi connectivity index (χ4v) is 3.97. The highest BCUT2D eigenvalue weighted by molar-refractivity contribution is 8.00. The SMILES string of the molecule is CNC(=O)CSc1ncnc2cc(-c3ccc(F)cc3)sc12. The minimum absolute atomic E-state index is 0.0490. The number of fused-ring (bicyclic) bond motifs is 1. The van der Waals surface area contributed by atoms with E-state index >= 15 is 0 Å². The number of carbonyl (C=O) groups is 1. The van der Waals surface area contributed by atoms with Crippen molar-refractivity contribution in [3.05, 3.63) is 42.5 Å². The summed E-state index contributed by atoms with van der Waals surface area (Å²) in [6.45, 7) is 0. The Balaban J connectivity index is 1.95. The lowest BCUT2D eigenvalue weighted by Crippen LogP contribution is -2.19. The van der Waals surface area contributed by atoms with Crippen LogP contribution in [0.5, 0.6) is 0 Å². The fourth-order valence-electron chi connectivity index (χ4n) is 1.90. The van der Waals surface area contributed by atoms with Gasteiger partial charge < -0.3 is 5.32 Å². The molecule has 0 saturated carbocycles. The van der Waals surface area contributed by atoms with Crippen molar-refractivity contribution >= 4 is 39.2 Å². The predicted molar refractivity (Wildman–Crippen MR) is 87.6 cm³/mol. The molecule has 2 aromatic heterocycles. The molecule has 0 bridgehead atoms. The molecule has 22 heavy (non-hydrogen) atoms. The number of hydrogen-bond donors (Lipinski definition) is 1. The van der Waals surface area contributed by atoms with Crippen molar-refractivity contribution in [1.82, 2.24) is 15.3 Å². The van der Waals surface area contributed by atoms with Crippen LogP contribution in [0.2, 0.25) is 0 Å². The van der Waals surface area contributed by atoms with Crippen LogP contribution in [0.4, 0.5) is 4.39 Å². The van der Waals surface area contributed by atoms with Gasteiger partial charge in [0.1, 0.15) is 17.2 Å². The number of rotatable bonds is 4. The first-order valence-corrected chi connectivity index (χ1v) is 8.31. The molecule has 1 N–H and O–H groups in total. The van der Waals surface area contributed by atoms with Crippen LogP contribution >= 0.6 is 23.1 Å². The van der Waals surface area contributed by atoms with Gasteiger partial charge in [-0.25, -0.2) is 14.4 Å². The molecule has 112 valence electrons. The van der Waals surface area contributed by atoms with Gasteiger partial charge in [-0.1, -0.05) is 23.9 Å². The molecule has 0 saturated heterocycles. The number of hydrogen-bond acceptors (Lipinski definition) is 5. The third-order valence-corrected chi connectivity index (χ3v) is 5.32. The summed E-state index contributed by atoms with van der Waals surface area (Å²) in [6.07, 6.45) is 1.50. The molecular formula is C15H12FN3OS2. The number of aromatic nitrogens is 2. The smallest absolute Gasteiger partial charge is 0.230 e. The second-order valence-electron chi connectivity index (χ2n) is 4.47. The third kappa shape index (κ3) is 3.10.